The molecule has 1 heterocycles. The summed E-state index contributed by atoms with van der Waals surface area (Å²) in [6, 6.07) is 15.2. The van der Waals surface area contributed by atoms with Crippen molar-refractivity contribution in [3.8, 4) is 0 Å². The summed E-state index contributed by atoms with van der Waals surface area (Å²) in [5.74, 6) is 0.408. The van der Waals surface area contributed by atoms with Crippen molar-refractivity contribution in [1.29, 1.82) is 0 Å². The first-order valence-corrected chi connectivity index (χ1v) is 10.5. The Morgan fingerprint density at radius 3 is 2.66 bits per heavy atom. The van der Waals surface area contributed by atoms with E-state index < -0.39 is 5.60 Å². The van der Waals surface area contributed by atoms with E-state index in [1.165, 1.54) is 32.1 Å². The van der Waals surface area contributed by atoms with Crippen molar-refractivity contribution in [3.05, 3.63) is 59.8 Å². The molecule has 2 N–H and O–H groups in total. The molecule has 1 saturated carbocycles. The van der Waals surface area contributed by atoms with Crippen molar-refractivity contribution in [2.45, 2.75) is 58.1 Å². The van der Waals surface area contributed by atoms with Gasteiger partial charge in [-0.2, -0.15) is 5.10 Å². The lowest BCUT2D eigenvalue weighted by atomic mass is 9.89. The lowest BCUT2D eigenvalue weighted by molar-refractivity contribution is 0.0786. The Labute approximate surface area is 171 Å². The number of hydrogen-bond acceptors (Lipinski definition) is 3. The van der Waals surface area contributed by atoms with Crippen molar-refractivity contribution < 1.29 is 9.90 Å². The smallest absolute Gasteiger partial charge is 0.274 e. The van der Waals surface area contributed by atoms with Crippen LogP contribution in [0.15, 0.2) is 48.5 Å². The largest absolute Gasteiger partial charge is 0.386 e. The second-order valence-electron chi connectivity index (χ2n) is 8.65. The van der Waals surface area contributed by atoms with Crippen molar-refractivity contribution in [1.82, 2.24) is 9.78 Å². The van der Waals surface area contributed by atoms with Crippen LogP contribution in [0.2, 0.25) is 0 Å². The molecule has 0 atom stereocenters. The van der Waals surface area contributed by atoms with Gasteiger partial charge in [0.25, 0.3) is 5.91 Å². The number of aliphatic hydroxyl groups is 1. The van der Waals surface area contributed by atoms with Crippen LogP contribution in [-0.2, 0) is 12.1 Å². The highest BCUT2D eigenvalue weighted by Gasteiger charge is 2.23. The molecule has 2 aromatic carbocycles. The molecule has 3 aromatic rings. The van der Waals surface area contributed by atoms with Crippen LogP contribution in [0, 0.1) is 5.92 Å². The van der Waals surface area contributed by atoms with E-state index in [1.807, 2.05) is 53.2 Å². The van der Waals surface area contributed by atoms with Crippen molar-refractivity contribution in [2.24, 2.45) is 5.92 Å². The molecular formula is C24H29N3O2. The lowest BCUT2D eigenvalue weighted by Gasteiger charge is -2.22. The van der Waals surface area contributed by atoms with E-state index in [4.69, 9.17) is 5.10 Å². The Hall–Kier alpha value is -2.66. The fourth-order valence-corrected chi connectivity index (χ4v) is 4.23. The van der Waals surface area contributed by atoms with Gasteiger partial charge in [-0.1, -0.05) is 49.6 Å². The number of nitrogens with one attached hydrogen (secondary N) is 1. The SMILES string of the molecule is CC(C)(O)c1cccc(NC(=O)c2c3ccccc3nn2CC2CCCCC2)c1. The molecule has 1 aliphatic carbocycles. The molecule has 4 rings (SSSR count). The molecule has 5 heteroatoms. The average Bonchev–Trinajstić information content (AvgIpc) is 3.06. The zero-order chi connectivity index (χ0) is 20.4. The van der Waals surface area contributed by atoms with E-state index in [2.05, 4.69) is 5.32 Å². The van der Waals surface area contributed by atoms with Crippen molar-refractivity contribution >= 4 is 22.5 Å². The maximum absolute atomic E-state index is 13.3. The number of benzene rings is 2. The highest BCUT2D eigenvalue weighted by Crippen LogP contribution is 2.28. The first-order chi connectivity index (χ1) is 13.9. The maximum atomic E-state index is 13.3. The number of rotatable bonds is 5. The van der Waals surface area contributed by atoms with Crippen LogP contribution in [0.5, 0.6) is 0 Å². The second kappa shape index (κ2) is 7.99. The molecule has 0 saturated heterocycles. The summed E-state index contributed by atoms with van der Waals surface area (Å²) in [7, 11) is 0. The monoisotopic (exact) mass is 391 g/mol. The number of carbonyl (C=O) groups is 1. The van der Waals surface area contributed by atoms with Gasteiger partial charge in [0.1, 0.15) is 5.69 Å². The minimum atomic E-state index is -0.962. The lowest BCUT2D eigenvalue weighted by Crippen LogP contribution is -2.22. The van der Waals surface area contributed by atoms with Crippen LogP contribution >= 0.6 is 0 Å². The third kappa shape index (κ3) is 4.35. The molecule has 29 heavy (non-hydrogen) atoms. The molecule has 0 bridgehead atoms. The molecule has 0 spiro atoms. The van der Waals surface area contributed by atoms with Gasteiger partial charge in [-0.05, 0) is 56.4 Å². The maximum Gasteiger partial charge on any atom is 0.274 e. The number of amides is 1. The zero-order valence-corrected chi connectivity index (χ0v) is 17.2. The predicted octanol–water partition coefficient (Wildman–Crippen LogP) is 5.10. The van der Waals surface area contributed by atoms with E-state index in [0.29, 0.717) is 17.3 Å². The fourth-order valence-electron chi connectivity index (χ4n) is 4.23. The molecule has 1 amide bonds. The summed E-state index contributed by atoms with van der Waals surface area (Å²) in [5.41, 5.74) is 1.93. The number of hydrogen-bond donors (Lipinski definition) is 2. The van der Waals surface area contributed by atoms with E-state index in [9.17, 15) is 9.90 Å². The zero-order valence-electron chi connectivity index (χ0n) is 17.2. The summed E-state index contributed by atoms with van der Waals surface area (Å²) in [6.07, 6.45) is 6.23. The van der Waals surface area contributed by atoms with Gasteiger partial charge < -0.3 is 10.4 Å². The quantitative estimate of drug-likeness (QED) is 0.636. The minimum Gasteiger partial charge on any atom is -0.386 e. The van der Waals surface area contributed by atoms with E-state index >= 15 is 0 Å². The number of fused-ring (bicyclic) bond motifs is 1. The van der Waals surface area contributed by atoms with Gasteiger partial charge >= 0.3 is 0 Å². The van der Waals surface area contributed by atoms with Gasteiger partial charge in [0.05, 0.1) is 11.1 Å². The third-order valence-electron chi connectivity index (χ3n) is 5.84. The van der Waals surface area contributed by atoms with Crippen molar-refractivity contribution in [2.75, 3.05) is 5.32 Å². The molecule has 0 unspecified atom stereocenters. The predicted molar refractivity (Wildman–Crippen MR) is 116 cm³/mol. The van der Waals surface area contributed by atoms with Gasteiger partial charge in [-0.25, -0.2) is 0 Å². The van der Waals surface area contributed by atoms with E-state index in [0.717, 1.165) is 23.0 Å². The first-order valence-electron chi connectivity index (χ1n) is 10.5. The Morgan fingerprint density at radius 1 is 1.14 bits per heavy atom. The Bertz CT molecular complexity index is 1010. The van der Waals surface area contributed by atoms with Gasteiger partial charge in [0.15, 0.2) is 0 Å². The Kier molecular flexibility index (Phi) is 5.41. The minimum absolute atomic E-state index is 0.164. The highest BCUT2D eigenvalue weighted by atomic mass is 16.3. The molecule has 1 aliphatic rings. The summed E-state index contributed by atoms with van der Waals surface area (Å²) < 4.78 is 1.90. The molecule has 0 radical (unpaired) electrons. The highest BCUT2D eigenvalue weighted by molar-refractivity contribution is 6.11. The number of anilines is 1. The molecule has 1 aromatic heterocycles. The third-order valence-corrected chi connectivity index (χ3v) is 5.84. The molecule has 1 fully saturated rings. The van der Waals surface area contributed by atoms with Gasteiger partial charge in [-0.15, -0.1) is 0 Å². The van der Waals surface area contributed by atoms with E-state index in [-0.39, 0.29) is 5.91 Å². The first kappa shape index (κ1) is 19.6. The second-order valence-corrected chi connectivity index (χ2v) is 8.65. The molecule has 0 aliphatic heterocycles. The normalized spacial score (nSPS) is 15.6. The molecule has 152 valence electrons. The number of carbonyl (C=O) groups excluding carboxylic acids is 1. The summed E-state index contributed by atoms with van der Waals surface area (Å²) in [4.78, 5) is 13.3. The van der Waals surface area contributed by atoms with E-state index in [1.54, 1.807) is 13.8 Å². The van der Waals surface area contributed by atoms with Crippen LogP contribution in [0.4, 0.5) is 5.69 Å². The Balaban J connectivity index is 1.65. The van der Waals surface area contributed by atoms with Crippen LogP contribution < -0.4 is 5.32 Å². The summed E-state index contributed by atoms with van der Waals surface area (Å²) in [5, 5.41) is 18.9. The van der Waals surface area contributed by atoms with Gasteiger partial charge in [-0.3, -0.25) is 9.48 Å². The standard InChI is InChI=1S/C24H29N3O2/c1-24(2,29)18-11-8-12-19(15-18)25-23(28)22-20-13-6-7-14-21(20)26-27(22)16-17-9-4-3-5-10-17/h6-8,11-15,17,29H,3-5,9-10,16H2,1-2H3,(H,25,28). The average molecular weight is 392 g/mol. The van der Waals surface area contributed by atoms with Gasteiger partial charge in [0, 0.05) is 17.6 Å². The van der Waals surface area contributed by atoms with Crippen LogP contribution in [-0.4, -0.2) is 20.8 Å². The van der Waals surface area contributed by atoms with Crippen LogP contribution in [0.25, 0.3) is 10.9 Å². The molecular weight excluding hydrogens is 362 g/mol. The summed E-state index contributed by atoms with van der Waals surface area (Å²) in [6.45, 7) is 4.25. The van der Waals surface area contributed by atoms with Gasteiger partial charge in [0.2, 0.25) is 0 Å². The number of nitrogens with zero attached hydrogens (tertiary/aromatic N) is 2. The Morgan fingerprint density at radius 2 is 1.90 bits per heavy atom. The topological polar surface area (TPSA) is 67.2 Å². The number of aromatic nitrogens is 2. The fraction of sp³-hybridized carbons (Fsp3) is 0.417. The van der Waals surface area contributed by atoms with Crippen LogP contribution in [0.1, 0.15) is 62.0 Å². The van der Waals surface area contributed by atoms with Crippen molar-refractivity contribution in [3.63, 3.8) is 0 Å². The molecule has 5 nitrogen and oxygen atoms in total. The van der Waals surface area contributed by atoms with Crippen LogP contribution in [0.3, 0.4) is 0 Å². The summed E-state index contributed by atoms with van der Waals surface area (Å²) >= 11 is 0.